The first-order chi connectivity index (χ1) is 5.75. The van der Waals surface area contributed by atoms with Crippen molar-refractivity contribution in [3.05, 3.63) is 35.9 Å². The Balaban J connectivity index is 2.88. The van der Waals surface area contributed by atoms with Crippen LogP contribution in [0.25, 0.3) is 0 Å². The van der Waals surface area contributed by atoms with Gasteiger partial charge in [0.25, 0.3) is 0 Å². The lowest BCUT2D eigenvalue weighted by atomic mass is 10.1. The molecule has 1 unspecified atom stereocenters. The molecule has 0 heterocycles. The molecule has 0 spiro atoms. The number of rotatable bonds is 3. The normalized spacial score (nSPS) is 12.4. The van der Waals surface area contributed by atoms with Gasteiger partial charge in [-0.3, -0.25) is 4.79 Å². The van der Waals surface area contributed by atoms with E-state index in [0.29, 0.717) is 0 Å². The van der Waals surface area contributed by atoms with Gasteiger partial charge in [-0.05, 0) is 5.56 Å². The molecule has 0 amide bonds. The number of hydrogen-bond donors (Lipinski definition) is 2. The maximum absolute atomic E-state index is 10.6. The van der Waals surface area contributed by atoms with E-state index in [4.69, 9.17) is 5.11 Å². The molecule has 1 rings (SSSR count). The van der Waals surface area contributed by atoms with Gasteiger partial charge >= 0.3 is 5.97 Å². The van der Waals surface area contributed by atoms with Gasteiger partial charge in [0.1, 0.15) is 6.04 Å². The van der Waals surface area contributed by atoms with Crippen LogP contribution < -0.4 is 4.34 Å². The van der Waals surface area contributed by atoms with Crippen molar-refractivity contribution < 1.29 is 9.90 Å². The number of benzene rings is 1. The predicted molar refractivity (Wildman–Crippen MR) is 48.9 cm³/mol. The average Bonchev–Trinajstić information content (AvgIpc) is 2.07. The van der Waals surface area contributed by atoms with E-state index >= 15 is 0 Å². The summed E-state index contributed by atoms with van der Waals surface area (Å²) in [5.41, 5.74) is 0.724. The topological polar surface area (TPSA) is 49.3 Å². The number of carboxylic acids is 1. The molecule has 1 aromatic rings. The quantitative estimate of drug-likeness (QED) is 0.777. The second kappa shape index (κ2) is 4.23. The highest BCUT2D eigenvalue weighted by Crippen LogP contribution is 2.13. The number of aliphatic carboxylic acids is 1. The Bertz CT molecular complexity index is 263. The summed E-state index contributed by atoms with van der Waals surface area (Å²) in [6.07, 6.45) is 0. The lowest BCUT2D eigenvalue weighted by Crippen LogP contribution is -2.20. The van der Waals surface area contributed by atoms with E-state index in [-0.39, 0.29) is 0 Å². The van der Waals surface area contributed by atoms with Gasteiger partial charge in [0, 0.05) is 16.1 Å². The van der Waals surface area contributed by atoms with Crippen LogP contribution in [0.15, 0.2) is 30.3 Å². The molecule has 0 saturated carbocycles. The standard InChI is InChI=1S/C8H8BrNO2/c9-10-7(8(11)12)6-4-2-1-3-5-6/h1-5,7,10H,(H,11,12). The van der Waals surface area contributed by atoms with Crippen LogP contribution in [0.1, 0.15) is 11.6 Å². The molecule has 0 bridgehead atoms. The molecule has 0 radical (unpaired) electrons. The summed E-state index contributed by atoms with van der Waals surface area (Å²) >= 11 is 2.92. The Kier molecular flexibility index (Phi) is 3.25. The van der Waals surface area contributed by atoms with Gasteiger partial charge in [-0.2, -0.15) is 0 Å². The van der Waals surface area contributed by atoms with Crippen molar-refractivity contribution in [2.45, 2.75) is 6.04 Å². The van der Waals surface area contributed by atoms with E-state index in [2.05, 4.69) is 20.5 Å². The first-order valence-electron chi connectivity index (χ1n) is 3.39. The van der Waals surface area contributed by atoms with Crippen LogP contribution in [-0.4, -0.2) is 11.1 Å². The minimum absolute atomic E-state index is 0.689. The fraction of sp³-hybridized carbons (Fsp3) is 0.125. The lowest BCUT2D eigenvalue weighted by molar-refractivity contribution is -0.139. The lowest BCUT2D eigenvalue weighted by Gasteiger charge is -2.08. The third-order valence-corrected chi connectivity index (χ3v) is 1.95. The average molecular weight is 230 g/mol. The van der Waals surface area contributed by atoms with Crippen molar-refractivity contribution in [1.82, 2.24) is 4.34 Å². The molecule has 12 heavy (non-hydrogen) atoms. The first kappa shape index (κ1) is 9.22. The van der Waals surface area contributed by atoms with Crippen molar-refractivity contribution in [3.63, 3.8) is 0 Å². The third-order valence-electron chi connectivity index (χ3n) is 1.49. The van der Waals surface area contributed by atoms with Crippen LogP contribution in [0.3, 0.4) is 0 Å². The minimum Gasteiger partial charge on any atom is -0.480 e. The number of carbonyl (C=O) groups is 1. The summed E-state index contributed by atoms with van der Waals surface area (Å²) in [4.78, 5) is 10.6. The van der Waals surface area contributed by atoms with E-state index in [1.165, 1.54) is 0 Å². The van der Waals surface area contributed by atoms with Crippen LogP contribution in [0.4, 0.5) is 0 Å². The Morgan fingerprint density at radius 2 is 2.00 bits per heavy atom. The molecule has 0 aliphatic rings. The van der Waals surface area contributed by atoms with Crippen LogP contribution in [0.5, 0.6) is 0 Å². The van der Waals surface area contributed by atoms with Crippen LogP contribution in [0.2, 0.25) is 0 Å². The number of hydrogen-bond acceptors (Lipinski definition) is 2. The minimum atomic E-state index is -0.905. The van der Waals surface area contributed by atoms with Gasteiger partial charge in [-0.15, -0.1) is 0 Å². The summed E-state index contributed by atoms with van der Waals surface area (Å²) in [6.45, 7) is 0. The van der Waals surface area contributed by atoms with E-state index in [1.54, 1.807) is 24.3 Å². The summed E-state index contributed by atoms with van der Waals surface area (Å²) in [5, 5.41) is 8.73. The molecule has 0 aromatic heterocycles. The number of carboxylic acid groups (broad SMARTS) is 1. The van der Waals surface area contributed by atoms with Crippen molar-refractivity contribution in [1.29, 1.82) is 0 Å². The molecule has 3 nitrogen and oxygen atoms in total. The highest BCUT2D eigenvalue weighted by molar-refractivity contribution is 9.08. The van der Waals surface area contributed by atoms with Gasteiger partial charge in [0.05, 0.1) is 0 Å². The molecular formula is C8H8BrNO2. The zero-order valence-electron chi connectivity index (χ0n) is 6.20. The molecule has 0 aliphatic carbocycles. The zero-order valence-corrected chi connectivity index (χ0v) is 7.78. The number of nitrogens with one attached hydrogen (secondary N) is 1. The van der Waals surface area contributed by atoms with Crippen molar-refractivity contribution in [2.75, 3.05) is 0 Å². The maximum atomic E-state index is 10.6. The van der Waals surface area contributed by atoms with Crippen molar-refractivity contribution in [3.8, 4) is 0 Å². The van der Waals surface area contributed by atoms with E-state index in [0.717, 1.165) is 5.56 Å². The fourth-order valence-corrected chi connectivity index (χ4v) is 1.36. The SMILES string of the molecule is O=C(O)C(NBr)c1ccccc1. The zero-order chi connectivity index (χ0) is 8.97. The molecule has 1 aromatic carbocycles. The maximum Gasteiger partial charge on any atom is 0.326 e. The molecule has 64 valence electrons. The highest BCUT2D eigenvalue weighted by Gasteiger charge is 2.16. The van der Waals surface area contributed by atoms with Crippen molar-refractivity contribution in [2.24, 2.45) is 0 Å². The van der Waals surface area contributed by atoms with Crippen molar-refractivity contribution >= 4 is 22.1 Å². The van der Waals surface area contributed by atoms with Gasteiger partial charge in [-0.25, -0.2) is 4.34 Å². The first-order valence-corrected chi connectivity index (χ1v) is 4.19. The van der Waals surface area contributed by atoms with E-state index in [1.807, 2.05) is 6.07 Å². The Morgan fingerprint density at radius 3 is 2.42 bits per heavy atom. The molecular weight excluding hydrogens is 222 g/mol. The highest BCUT2D eigenvalue weighted by atomic mass is 79.9. The van der Waals surface area contributed by atoms with Crippen LogP contribution in [0, 0.1) is 0 Å². The molecule has 2 N–H and O–H groups in total. The monoisotopic (exact) mass is 229 g/mol. The summed E-state index contributed by atoms with van der Waals surface area (Å²) in [7, 11) is 0. The number of halogens is 1. The second-order valence-electron chi connectivity index (χ2n) is 2.29. The summed E-state index contributed by atoms with van der Waals surface area (Å²) < 4.78 is 2.53. The third kappa shape index (κ3) is 2.06. The Hall–Kier alpha value is -0.870. The van der Waals surface area contributed by atoms with E-state index in [9.17, 15) is 4.79 Å². The molecule has 0 aliphatic heterocycles. The van der Waals surface area contributed by atoms with Crippen LogP contribution in [-0.2, 0) is 4.79 Å². The largest absolute Gasteiger partial charge is 0.480 e. The molecule has 0 saturated heterocycles. The van der Waals surface area contributed by atoms with Gasteiger partial charge in [0.15, 0.2) is 0 Å². The fourth-order valence-electron chi connectivity index (χ4n) is 0.898. The molecule has 1 atom stereocenters. The Labute approximate surface area is 78.7 Å². The second-order valence-corrected chi connectivity index (χ2v) is 2.75. The van der Waals surface area contributed by atoms with Gasteiger partial charge in [-0.1, -0.05) is 30.3 Å². The van der Waals surface area contributed by atoms with E-state index < -0.39 is 12.0 Å². The predicted octanol–water partition coefficient (Wildman–Crippen LogP) is 1.71. The smallest absolute Gasteiger partial charge is 0.326 e. The van der Waals surface area contributed by atoms with Gasteiger partial charge in [0.2, 0.25) is 0 Å². The van der Waals surface area contributed by atoms with Gasteiger partial charge < -0.3 is 5.11 Å². The summed E-state index contributed by atoms with van der Waals surface area (Å²) in [6, 6.07) is 8.27. The Morgan fingerprint density at radius 1 is 1.42 bits per heavy atom. The van der Waals surface area contributed by atoms with Crippen LogP contribution >= 0.6 is 16.1 Å². The summed E-state index contributed by atoms with van der Waals surface area (Å²) in [5.74, 6) is -0.905. The molecule has 0 fully saturated rings. The molecule has 4 heteroatoms.